The molecule has 0 spiro atoms. The number of aliphatic hydroxyl groups excluding tert-OH is 1. The molecule has 1 heterocycles. The lowest BCUT2D eigenvalue weighted by atomic mass is 10.3. The zero-order valence-electron chi connectivity index (χ0n) is 10.3. The number of hydrogen-bond donors (Lipinski definition) is 2. The minimum Gasteiger partial charge on any atom is -0.446 e. The summed E-state index contributed by atoms with van der Waals surface area (Å²) in [6.07, 6.45) is -1.45. The van der Waals surface area contributed by atoms with Crippen molar-refractivity contribution in [2.75, 3.05) is 26.4 Å². The Bertz CT molecular complexity index is 383. The minimum atomic E-state index is -4.02. The molecule has 1 aliphatic heterocycles. The van der Waals surface area contributed by atoms with Gasteiger partial charge in [-0.15, -0.1) is 0 Å². The van der Waals surface area contributed by atoms with Crippen molar-refractivity contribution in [1.29, 1.82) is 0 Å². The Balaban J connectivity index is 2.69. The Morgan fingerprint density at radius 3 is 2.83 bits per heavy atom. The summed E-state index contributed by atoms with van der Waals surface area (Å²) in [5, 5.41) is 9.07. The van der Waals surface area contributed by atoms with Crippen molar-refractivity contribution in [2.24, 2.45) is 0 Å². The van der Waals surface area contributed by atoms with E-state index in [1.54, 1.807) is 18.6 Å². The van der Waals surface area contributed by atoms with E-state index in [9.17, 15) is 13.2 Å². The highest BCUT2D eigenvalue weighted by Gasteiger charge is 2.34. The highest BCUT2D eigenvalue weighted by Crippen LogP contribution is 2.11. The Labute approximate surface area is 106 Å². The van der Waals surface area contributed by atoms with Crippen LogP contribution in [0.1, 0.15) is 13.8 Å². The first kappa shape index (κ1) is 15.2. The maximum atomic E-state index is 11.9. The van der Waals surface area contributed by atoms with E-state index >= 15 is 0 Å². The summed E-state index contributed by atoms with van der Waals surface area (Å²) >= 11 is 0. The molecule has 1 atom stereocenters. The quantitative estimate of drug-likeness (QED) is 0.689. The fraction of sp³-hybridized carbons (Fsp3) is 0.889. The number of carbonyl (C=O) groups is 1. The van der Waals surface area contributed by atoms with Crippen LogP contribution in [0, 0.1) is 0 Å². The highest BCUT2D eigenvalue weighted by atomic mass is 32.2. The average molecular weight is 282 g/mol. The lowest BCUT2D eigenvalue weighted by Crippen LogP contribution is -2.55. The molecule has 0 aliphatic carbocycles. The van der Waals surface area contributed by atoms with Gasteiger partial charge in [-0.3, -0.25) is 0 Å². The van der Waals surface area contributed by atoms with Crippen LogP contribution in [0.25, 0.3) is 0 Å². The van der Waals surface area contributed by atoms with Crippen LogP contribution in [0.3, 0.4) is 0 Å². The van der Waals surface area contributed by atoms with E-state index in [2.05, 4.69) is 0 Å². The zero-order valence-corrected chi connectivity index (χ0v) is 11.1. The fourth-order valence-electron chi connectivity index (χ4n) is 1.50. The SMILES string of the molecule is CC(C)OC(=O)NS(=O)(=O)N1CCOCC1CO. The topological polar surface area (TPSA) is 105 Å². The number of nitrogens with one attached hydrogen (secondary N) is 1. The van der Waals surface area contributed by atoms with E-state index in [4.69, 9.17) is 14.6 Å². The standard InChI is InChI=1S/C9H18N2O6S/c1-7(2)17-9(13)10-18(14,15)11-3-4-16-6-8(11)5-12/h7-8,12H,3-6H2,1-2H3,(H,10,13). The molecule has 1 aliphatic rings. The van der Waals surface area contributed by atoms with E-state index in [0.29, 0.717) is 0 Å². The number of hydrogen-bond acceptors (Lipinski definition) is 6. The van der Waals surface area contributed by atoms with Crippen LogP contribution in [0.4, 0.5) is 4.79 Å². The summed E-state index contributed by atoms with van der Waals surface area (Å²) in [5.41, 5.74) is 0. The first-order chi connectivity index (χ1) is 8.36. The van der Waals surface area contributed by atoms with Crippen molar-refractivity contribution < 1.29 is 27.8 Å². The third kappa shape index (κ3) is 4.09. The zero-order chi connectivity index (χ0) is 13.8. The van der Waals surface area contributed by atoms with Crippen LogP contribution in [0.15, 0.2) is 0 Å². The van der Waals surface area contributed by atoms with E-state index in [1.165, 1.54) is 0 Å². The van der Waals surface area contributed by atoms with E-state index in [1.807, 2.05) is 0 Å². The van der Waals surface area contributed by atoms with Crippen molar-refractivity contribution in [3.05, 3.63) is 0 Å². The first-order valence-corrected chi connectivity index (χ1v) is 6.99. The van der Waals surface area contributed by atoms with Crippen molar-refractivity contribution in [3.8, 4) is 0 Å². The van der Waals surface area contributed by atoms with Gasteiger partial charge in [-0.25, -0.2) is 9.52 Å². The minimum absolute atomic E-state index is 0.0789. The van der Waals surface area contributed by atoms with Crippen molar-refractivity contribution in [3.63, 3.8) is 0 Å². The molecule has 18 heavy (non-hydrogen) atoms. The van der Waals surface area contributed by atoms with E-state index in [-0.39, 0.29) is 26.4 Å². The second-order valence-electron chi connectivity index (χ2n) is 4.08. The molecular weight excluding hydrogens is 264 g/mol. The van der Waals surface area contributed by atoms with Gasteiger partial charge in [0.2, 0.25) is 0 Å². The molecule has 0 saturated carbocycles. The predicted molar refractivity (Wildman–Crippen MR) is 62.1 cm³/mol. The van der Waals surface area contributed by atoms with Gasteiger partial charge in [0, 0.05) is 6.54 Å². The van der Waals surface area contributed by atoms with Gasteiger partial charge in [0.25, 0.3) is 0 Å². The van der Waals surface area contributed by atoms with Crippen LogP contribution >= 0.6 is 0 Å². The van der Waals surface area contributed by atoms with Gasteiger partial charge in [0.05, 0.1) is 32.0 Å². The number of nitrogens with zero attached hydrogens (tertiary/aromatic N) is 1. The summed E-state index contributed by atoms with van der Waals surface area (Å²) < 4.78 is 36.3. The Kier molecular flexibility index (Phi) is 5.32. The van der Waals surface area contributed by atoms with Crippen LogP contribution in [0.2, 0.25) is 0 Å². The molecular formula is C9H18N2O6S. The lowest BCUT2D eigenvalue weighted by molar-refractivity contribution is 0.0102. The molecule has 8 nitrogen and oxygen atoms in total. The van der Waals surface area contributed by atoms with Crippen molar-refractivity contribution in [2.45, 2.75) is 26.0 Å². The number of amides is 1. The van der Waals surface area contributed by atoms with Gasteiger partial charge in [-0.2, -0.15) is 12.7 Å². The van der Waals surface area contributed by atoms with E-state index in [0.717, 1.165) is 4.31 Å². The molecule has 1 saturated heterocycles. The third-order valence-corrected chi connectivity index (χ3v) is 3.77. The lowest BCUT2D eigenvalue weighted by Gasteiger charge is -2.32. The van der Waals surface area contributed by atoms with Crippen molar-refractivity contribution >= 4 is 16.3 Å². The number of ether oxygens (including phenoxy) is 2. The molecule has 1 unspecified atom stereocenters. The summed E-state index contributed by atoms with van der Waals surface area (Å²) in [4.78, 5) is 11.3. The van der Waals surface area contributed by atoms with E-state index < -0.39 is 28.4 Å². The van der Waals surface area contributed by atoms with Gasteiger partial charge >= 0.3 is 16.3 Å². The van der Waals surface area contributed by atoms with Crippen LogP contribution < -0.4 is 4.72 Å². The smallest absolute Gasteiger partial charge is 0.422 e. The summed E-state index contributed by atoms with van der Waals surface area (Å²) in [5.74, 6) is 0. The summed E-state index contributed by atoms with van der Waals surface area (Å²) in [6, 6.07) is -0.692. The Morgan fingerprint density at radius 2 is 2.28 bits per heavy atom. The van der Waals surface area contributed by atoms with Gasteiger partial charge in [-0.05, 0) is 13.8 Å². The van der Waals surface area contributed by atoms with Gasteiger partial charge in [0.1, 0.15) is 0 Å². The first-order valence-electron chi connectivity index (χ1n) is 5.55. The molecule has 0 radical (unpaired) electrons. The largest absolute Gasteiger partial charge is 0.446 e. The third-order valence-electron chi connectivity index (χ3n) is 2.25. The van der Waals surface area contributed by atoms with Crippen LogP contribution in [-0.2, 0) is 19.7 Å². The second-order valence-corrected chi connectivity index (χ2v) is 5.71. The maximum absolute atomic E-state index is 11.9. The van der Waals surface area contributed by atoms with Gasteiger partial charge < -0.3 is 14.6 Å². The molecule has 1 fully saturated rings. The summed E-state index contributed by atoms with van der Waals surface area (Å²) in [7, 11) is -4.02. The Morgan fingerprint density at radius 1 is 1.61 bits per heavy atom. The fourth-order valence-corrected chi connectivity index (χ4v) is 2.71. The number of rotatable bonds is 4. The van der Waals surface area contributed by atoms with Crippen LogP contribution in [0.5, 0.6) is 0 Å². The molecule has 2 N–H and O–H groups in total. The molecule has 106 valence electrons. The second kappa shape index (κ2) is 6.32. The predicted octanol–water partition coefficient (Wildman–Crippen LogP) is -0.941. The molecule has 0 aromatic carbocycles. The maximum Gasteiger partial charge on any atom is 0.422 e. The van der Waals surface area contributed by atoms with Gasteiger partial charge in [0.15, 0.2) is 0 Å². The molecule has 9 heteroatoms. The Hall–Kier alpha value is -0.900. The average Bonchev–Trinajstić information content (AvgIpc) is 2.27. The van der Waals surface area contributed by atoms with Crippen molar-refractivity contribution in [1.82, 2.24) is 9.03 Å². The molecule has 0 aromatic rings. The van der Waals surface area contributed by atoms with Gasteiger partial charge in [-0.1, -0.05) is 0 Å². The highest BCUT2D eigenvalue weighted by molar-refractivity contribution is 7.87. The number of carbonyl (C=O) groups excluding carboxylic acids is 1. The number of aliphatic hydroxyl groups is 1. The van der Waals surface area contributed by atoms with Crippen LogP contribution in [-0.4, -0.2) is 62.4 Å². The summed E-state index contributed by atoms with van der Waals surface area (Å²) in [6.45, 7) is 3.23. The number of morpholine rings is 1. The molecule has 0 aromatic heterocycles. The molecule has 1 amide bonds. The molecule has 0 bridgehead atoms. The molecule has 1 rings (SSSR count). The monoisotopic (exact) mass is 282 g/mol. The normalized spacial score (nSPS) is 21.9.